The third-order valence-electron chi connectivity index (χ3n) is 5.29. The quantitative estimate of drug-likeness (QED) is 0.691. The largest absolute Gasteiger partial charge is 0.496 e. The van der Waals surface area contributed by atoms with Crippen LogP contribution < -0.4 is 15.4 Å². The van der Waals surface area contributed by atoms with Crippen molar-refractivity contribution in [3.63, 3.8) is 0 Å². The molecule has 1 amide bonds. The molecule has 4 heteroatoms. The topological polar surface area (TPSA) is 50.4 Å². The van der Waals surface area contributed by atoms with Gasteiger partial charge >= 0.3 is 0 Å². The van der Waals surface area contributed by atoms with Crippen molar-refractivity contribution < 1.29 is 9.53 Å². The zero-order valence-corrected chi connectivity index (χ0v) is 16.4. The average Bonchev–Trinajstić information content (AvgIpc) is 2.69. The molecule has 144 valence electrons. The van der Waals surface area contributed by atoms with Gasteiger partial charge in [0.25, 0.3) is 0 Å². The molecule has 0 heterocycles. The van der Waals surface area contributed by atoms with Crippen LogP contribution in [0.4, 0.5) is 5.69 Å². The number of nitrogens with one attached hydrogen (secondary N) is 2. The van der Waals surface area contributed by atoms with Gasteiger partial charge in [0, 0.05) is 12.1 Å². The van der Waals surface area contributed by atoms with Gasteiger partial charge in [0.15, 0.2) is 0 Å². The van der Waals surface area contributed by atoms with E-state index in [0.29, 0.717) is 12.3 Å². The van der Waals surface area contributed by atoms with Crippen molar-refractivity contribution in [2.75, 3.05) is 25.5 Å². The number of ether oxygens (including phenoxy) is 1. The first-order chi connectivity index (χ1) is 13.2. The molecule has 1 unspecified atom stereocenters. The zero-order chi connectivity index (χ0) is 19.1. The molecule has 0 saturated heterocycles. The van der Waals surface area contributed by atoms with E-state index >= 15 is 0 Å². The van der Waals surface area contributed by atoms with E-state index < -0.39 is 0 Å². The predicted molar refractivity (Wildman–Crippen MR) is 110 cm³/mol. The molecule has 1 aliphatic rings. The van der Waals surface area contributed by atoms with Gasteiger partial charge in [0.1, 0.15) is 5.75 Å². The minimum absolute atomic E-state index is 0.0805. The lowest BCUT2D eigenvalue weighted by atomic mass is 9.83. The van der Waals surface area contributed by atoms with Gasteiger partial charge < -0.3 is 15.4 Å². The minimum atomic E-state index is 0.0805. The predicted octanol–water partition coefficient (Wildman–Crippen LogP) is 4.12. The van der Waals surface area contributed by atoms with E-state index in [1.807, 2.05) is 31.2 Å². The first kappa shape index (κ1) is 19.4. The summed E-state index contributed by atoms with van der Waals surface area (Å²) in [5.74, 6) is 1.73. The second-order valence-corrected chi connectivity index (χ2v) is 7.43. The smallest absolute Gasteiger partial charge is 0.224 e. The average molecular weight is 367 g/mol. The van der Waals surface area contributed by atoms with Gasteiger partial charge in [0.05, 0.1) is 7.11 Å². The molecule has 0 fully saturated rings. The summed E-state index contributed by atoms with van der Waals surface area (Å²) >= 11 is 0. The van der Waals surface area contributed by atoms with Crippen molar-refractivity contribution in [2.24, 2.45) is 5.92 Å². The van der Waals surface area contributed by atoms with E-state index in [9.17, 15) is 4.79 Å². The van der Waals surface area contributed by atoms with Gasteiger partial charge in [-0.2, -0.15) is 0 Å². The van der Waals surface area contributed by atoms with Crippen LogP contribution in [0.3, 0.4) is 0 Å². The summed E-state index contributed by atoms with van der Waals surface area (Å²) in [6.45, 7) is 3.91. The van der Waals surface area contributed by atoms with Crippen LogP contribution >= 0.6 is 0 Å². The van der Waals surface area contributed by atoms with Gasteiger partial charge in [-0.05, 0) is 80.9 Å². The summed E-state index contributed by atoms with van der Waals surface area (Å²) in [6, 6.07) is 14.3. The van der Waals surface area contributed by atoms with Crippen LogP contribution in [0.25, 0.3) is 0 Å². The summed E-state index contributed by atoms with van der Waals surface area (Å²) < 4.78 is 5.52. The van der Waals surface area contributed by atoms with Crippen LogP contribution in [-0.2, 0) is 17.6 Å². The number of benzene rings is 2. The molecule has 0 spiro atoms. The maximum absolute atomic E-state index is 12.0. The molecule has 2 aromatic rings. The number of carbonyl (C=O) groups is 1. The molecule has 4 nitrogen and oxygen atoms in total. The fourth-order valence-corrected chi connectivity index (χ4v) is 3.73. The highest BCUT2D eigenvalue weighted by Gasteiger charge is 2.21. The number of aryl methyl sites for hydroxylation is 2. The maximum Gasteiger partial charge on any atom is 0.224 e. The molecule has 0 aromatic heterocycles. The number of methoxy groups -OCH3 is 1. The molecule has 27 heavy (non-hydrogen) atoms. The molecular weight excluding hydrogens is 336 g/mol. The summed E-state index contributed by atoms with van der Waals surface area (Å²) in [5.41, 5.74) is 4.86. The summed E-state index contributed by atoms with van der Waals surface area (Å²) in [6.07, 6.45) is 4.80. The lowest BCUT2D eigenvalue weighted by Crippen LogP contribution is -2.28. The van der Waals surface area contributed by atoms with Crippen LogP contribution in [0.15, 0.2) is 42.5 Å². The first-order valence-electron chi connectivity index (χ1n) is 9.87. The van der Waals surface area contributed by atoms with Crippen molar-refractivity contribution in [3.05, 3.63) is 59.2 Å². The van der Waals surface area contributed by atoms with Crippen molar-refractivity contribution in [2.45, 2.75) is 39.0 Å². The lowest BCUT2D eigenvalue weighted by molar-refractivity contribution is -0.116. The molecule has 0 saturated carbocycles. The molecule has 0 aliphatic heterocycles. The molecule has 1 aliphatic carbocycles. The Balaban J connectivity index is 1.34. The van der Waals surface area contributed by atoms with Crippen molar-refractivity contribution in [1.82, 2.24) is 5.32 Å². The third kappa shape index (κ3) is 5.57. The van der Waals surface area contributed by atoms with Crippen LogP contribution in [0.2, 0.25) is 0 Å². The standard InChI is InChI=1S/C23H30N2O2/c1-17-8-12-20(13-9-17)25-23(26)7-4-14-24-16-18-10-11-19-5-3-6-22(27-2)21(19)15-18/h3,5-6,8-9,12-13,18,24H,4,7,10-11,14-16H2,1-2H3,(H,25,26). The van der Waals surface area contributed by atoms with E-state index in [-0.39, 0.29) is 5.91 Å². The summed E-state index contributed by atoms with van der Waals surface area (Å²) in [7, 11) is 1.75. The Morgan fingerprint density at radius 2 is 2.00 bits per heavy atom. The van der Waals surface area contributed by atoms with Gasteiger partial charge in [-0.3, -0.25) is 4.79 Å². The number of hydrogen-bond acceptors (Lipinski definition) is 3. The Bertz CT molecular complexity index is 741. The Kier molecular flexibility index (Phi) is 6.88. The highest BCUT2D eigenvalue weighted by atomic mass is 16.5. The molecule has 2 aromatic carbocycles. The minimum Gasteiger partial charge on any atom is -0.496 e. The van der Waals surface area contributed by atoms with E-state index in [2.05, 4.69) is 28.8 Å². The lowest BCUT2D eigenvalue weighted by Gasteiger charge is -2.26. The molecule has 1 atom stereocenters. The Morgan fingerprint density at radius 3 is 2.78 bits per heavy atom. The van der Waals surface area contributed by atoms with E-state index in [1.54, 1.807) is 7.11 Å². The van der Waals surface area contributed by atoms with Crippen molar-refractivity contribution in [1.29, 1.82) is 0 Å². The molecule has 3 rings (SSSR count). The SMILES string of the molecule is COc1cccc2c1CC(CNCCCC(=O)Nc1ccc(C)cc1)CC2. The number of hydrogen-bond donors (Lipinski definition) is 2. The number of amides is 1. The maximum atomic E-state index is 12.0. The van der Waals surface area contributed by atoms with E-state index in [0.717, 1.165) is 43.8 Å². The Morgan fingerprint density at radius 1 is 1.19 bits per heavy atom. The van der Waals surface area contributed by atoms with Gasteiger partial charge in [-0.1, -0.05) is 29.8 Å². The van der Waals surface area contributed by atoms with Crippen molar-refractivity contribution in [3.8, 4) is 5.75 Å². The fourth-order valence-electron chi connectivity index (χ4n) is 3.73. The van der Waals surface area contributed by atoms with Gasteiger partial charge in [0.2, 0.25) is 5.91 Å². The van der Waals surface area contributed by atoms with Crippen LogP contribution in [0.1, 0.15) is 36.0 Å². The highest BCUT2D eigenvalue weighted by molar-refractivity contribution is 5.90. The van der Waals surface area contributed by atoms with E-state index in [1.165, 1.54) is 23.1 Å². The molecule has 0 bridgehead atoms. The van der Waals surface area contributed by atoms with Gasteiger partial charge in [-0.25, -0.2) is 0 Å². The van der Waals surface area contributed by atoms with Crippen molar-refractivity contribution >= 4 is 11.6 Å². The summed E-state index contributed by atoms with van der Waals surface area (Å²) in [5, 5.41) is 6.48. The van der Waals surface area contributed by atoms with Crippen LogP contribution in [0, 0.1) is 12.8 Å². The Hall–Kier alpha value is -2.33. The zero-order valence-electron chi connectivity index (χ0n) is 16.4. The fraction of sp³-hybridized carbons (Fsp3) is 0.435. The monoisotopic (exact) mass is 366 g/mol. The second-order valence-electron chi connectivity index (χ2n) is 7.43. The second kappa shape index (κ2) is 9.56. The number of fused-ring (bicyclic) bond motifs is 1. The molecular formula is C23H30N2O2. The van der Waals surface area contributed by atoms with Gasteiger partial charge in [-0.15, -0.1) is 0 Å². The molecule has 0 radical (unpaired) electrons. The number of anilines is 1. The third-order valence-corrected chi connectivity index (χ3v) is 5.29. The van der Waals surface area contributed by atoms with E-state index in [4.69, 9.17) is 4.74 Å². The summed E-state index contributed by atoms with van der Waals surface area (Å²) in [4.78, 5) is 12.0. The number of rotatable bonds is 8. The van der Waals surface area contributed by atoms with Crippen LogP contribution in [-0.4, -0.2) is 26.1 Å². The molecule has 2 N–H and O–H groups in total. The van der Waals surface area contributed by atoms with Crippen LogP contribution in [0.5, 0.6) is 5.75 Å². The Labute approximate surface area is 162 Å². The first-order valence-corrected chi connectivity index (χ1v) is 9.87. The number of carbonyl (C=O) groups excluding carboxylic acids is 1. The highest BCUT2D eigenvalue weighted by Crippen LogP contribution is 2.31. The normalized spacial score (nSPS) is 15.9.